The van der Waals surface area contributed by atoms with Gasteiger partial charge in [-0.2, -0.15) is 10.1 Å². The van der Waals surface area contributed by atoms with E-state index in [2.05, 4.69) is 29.2 Å². The number of anilines is 1. The Balaban J connectivity index is 1.76. The van der Waals surface area contributed by atoms with Crippen LogP contribution in [0, 0.1) is 5.92 Å². The second-order valence-electron chi connectivity index (χ2n) is 7.15. The SMILES string of the molecule is CCC(CC)Oc1ccc2c(NC(=O)[C@H]3CC[C@@H](N)CC3)nn(C)c2n1. The van der Waals surface area contributed by atoms with Gasteiger partial charge >= 0.3 is 0 Å². The third-order valence-corrected chi connectivity index (χ3v) is 5.24. The van der Waals surface area contributed by atoms with E-state index in [1.165, 1.54) is 0 Å². The van der Waals surface area contributed by atoms with Crippen molar-refractivity contribution in [1.82, 2.24) is 14.8 Å². The van der Waals surface area contributed by atoms with Crippen LogP contribution >= 0.6 is 0 Å². The maximum atomic E-state index is 12.6. The molecule has 0 saturated heterocycles. The van der Waals surface area contributed by atoms with E-state index in [1.807, 2.05) is 19.2 Å². The predicted octanol–water partition coefficient (Wildman–Crippen LogP) is 2.99. The van der Waals surface area contributed by atoms with Gasteiger partial charge in [-0.1, -0.05) is 13.8 Å². The molecule has 3 N–H and O–H groups in total. The number of aromatic nitrogens is 3. The molecule has 1 amide bonds. The van der Waals surface area contributed by atoms with E-state index < -0.39 is 0 Å². The van der Waals surface area contributed by atoms with Crippen LogP contribution in [0.2, 0.25) is 0 Å². The highest BCUT2D eigenvalue weighted by Crippen LogP contribution is 2.27. The lowest BCUT2D eigenvalue weighted by Gasteiger charge is -2.24. The molecule has 3 rings (SSSR count). The lowest BCUT2D eigenvalue weighted by Crippen LogP contribution is -2.32. The van der Waals surface area contributed by atoms with E-state index in [-0.39, 0.29) is 24.0 Å². The number of pyridine rings is 1. The number of rotatable bonds is 6. The highest BCUT2D eigenvalue weighted by Gasteiger charge is 2.26. The van der Waals surface area contributed by atoms with E-state index >= 15 is 0 Å². The number of ether oxygens (including phenoxy) is 1. The first-order chi connectivity index (χ1) is 12.5. The van der Waals surface area contributed by atoms with Crippen molar-refractivity contribution in [1.29, 1.82) is 0 Å². The maximum absolute atomic E-state index is 12.6. The van der Waals surface area contributed by atoms with Crippen molar-refractivity contribution in [2.24, 2.45) is 18.7 Å². The molecule has 0 bridgehead atoms. The molecular formula is C19H29N5O2. The second kappa shape index (κ2) is 8.03. The van der Waals surface area contributed by atoms with Crippen molar-refractivity contribution in [3.05, 3.63) is 12.1 Å². The molecule has 1 saturated carbocycles. The topological polar surface area (TPSA) is 95.1 Å². The maximum Gasteiger partial charge on any atom is 0.228 e. The summed E-state index contributed by atoms with van der Waals surface area (Å²) in [5.74, 6) is 1.18. The first-order valence-corrected chi connectivity index (χ1v) is 9.58. The van der Waals surface area contributed by atoms with E-state index in [9.17, 15) is 4.79 Å². The Hall–Kier alpha value is -2.15. The van der Waals surface area contributed by atoms with Gasteiger partial charge in [0.25, 0.3) is 0 Å². The van der Waals surface area contributed by atoms with Gasteiger partial charge in [-0.3, -0.25) is 4.79 Å². The van der Waals surface area contributed by atoms with Gasteiger partial charge in [-0.25, -0.2) is 4.68 Å². The number of hydrogen-bond acceptors (Lipinski definition) is 5. The Morgan fingerprint density at radius 3 is 2.65 bits per heavy atom. The van der Waals surface area contributed by atoms with Crippen molar-refractivity contribution in [3.63, 3.8) is 0 Å². The van der Waals surface area contributed by atoms with Crippen molar-refractivity contribution in [3.8, 4) is 5.88 Å². The fourth-order valence-corrected chi connectivity index (χ4v) is 3.50. The zero-order valence-corrected chi connectivity index (χ0v) is 15.9. The lowest BCUT2D eigenvalue weighted by atomic mass is 9.86. The number of nitrogens with two attached hydrogens (primary N) is 1. The number of aryl methyl sites for hydroxylation is 1. The second-order valence-corrected chi connectivity index (χ2v) is 7.15. The normalized spacial score (nSPS) is 20.5. The summed E-state index contributed by atoms with van der Waals surface area (Å²) in [6.07, 6.45) is 5.51. The van der Waals surface area contributed by atoms with Crippen LogP contribution in [0.3, 0.4) is 0 Å². The molecule has 1 aliphatic carbocycles. The van der Waals surface area contributed by atoms with Crippen molar-refractivity contribution >= 4 is 22.8 Å². The van der Waals surface area contributed by atoms with Gasteiger partial charge in [0.05, 0.1) is 11.5 Å². The summed E-state index contributed by atoms with van der Waals surface area (Å²) in [6.45, 7) is 4.20. The molecule has 0 atom stereocenters. The molecule has 26 heavy (non-hydrogen) atoms. The number of nitrogens with zero attached hydrogens (tertiary/aromatic N) is 3. The van der Waals surface area contributed by atoms with Gasteiger partial charge in [0.15, 0.2) is 11.5 Å². The molecular weight excluding hydrogens is 330 g/mol. The van der Waals surface area contributed by atoms with Crippen molar-refractivity contribution in [2.75, 3.05) is 5.32 Å². The first kappa shape index (κ1) is 18.6. The number of carbonyl (C=O) groups excluding carboxylic acids is 1. The van der Waals surface area contributed by atoms with Gasteiger partial charge < -0.3 is 15.8 Å². The van der Waals surface area contributed by atoms with E-state index in [0.29, 0.717) is 17.3 Å². The Labute approximate surface area is 154 Å². The minimum absolute atomic E-state index is 0.0114. The van der Waals surface area contributed by atoms with Crippen LogP contribution in [0.5, 0.6) is 5.88 Å². The van der Waals surface area contributed by atoms with E-state index in [4.69, 9.17) is 10.5 Å². The zero-order valence-electron chi connectivity index (χ0n) is 15.9. The largest absolute Gasteiger partial charge is 0.474 e. The molecule has 0 radical (unpaired) electrons. The Morgan fingerprint density at radius 1 is 1.31 bits per heavy atom. The molecule has 0 aromatic carbocycles. The summed E-state index contributed by atoms with van der Waals surface area (Å²) in [7, 11) is 1.82. The van der Waals surface area contributed by atoms with Crippen LogP contribution in [0.4, 0.5) is 5.82 Å². The predicted molar refractivity (Wildman–Crippen MR) is 102 cm³/mol. The Kier molecular flexibility index (Phi) is 5.76. The van der Waals surface area contributed by atoms with Crippen molar-refractivity contribution in [2.45, 2.75) is 64.5 Å². The van der Waals surface area contributed by atoms with Crippen LogP contribution in [-0.2, 0) is 11.8 Å². The van der Waals surface area contributed by atoms with Gasteiger partial charge in [0, 0.05) is 25.1 Å². The highest BCUT2D eigenvalue weighted by atomic mass is 16.5. The third kappa shape index (κ3) is 3.98. The Morgan fingerprint density at radius 2 is 2.00 bits per heavy atom. The molecule has 2 aromatic rings. The number of amides is 1. The monoisotopic (exact) mass is 359 g/mol. The van der Waals surface area contributed by atoms with Gasteiger partial charge in [0.2, 0.25) is 11.8 Å². The summed E-state index contributed by atoms with van der Waals surface area (Å²) >= 11 is 0. The molecule has 7 heteroatoms. The van der Waals surface area contributed by atoms with E-state index in [0.717, 1.165) is 43.9 Å². The summed E-state index contributed by atoms with van der Waals surface area (Å²) in [5, 5.41) is 8.25. The summed E-state index contributed by atoms with van der Waals surface area (Å²) in [4.78, 5) is 17.1. The molecule has 1 fully saturated rings. The fraction of sp³-hybridized carbons (Fsp3) is 0.632. The molecule has 7 nitrogen and oxygen atoms in total. The minimum atomic E-state index is 0.0114. The van der Waals surface area contributed by atoms with Gasteiger partial charge in [0.1, 0.15) is 0 Å². The average Bonchev–Trinajstić information content (AvgIpc) is 2.95. The summed E-state index contributed by atoms with van der Waals surface area (Å²) in [6, 6.07) is 3.99. The molecule has 1 aliphatic rings. The lowest BCUT2D eigenvalue weighted by molar-refractivity contribution is -0.120. The third-order valence-electron chi connectivity index (χ3n) is 5.24. The van der Waals surface area contributed by atoms with Crippen LogP contribution in [0.1, 0.15) is 52.4 Å². The summed E-state index contributed by atoms with van der Waals surface area (Å²) < 4.78 is 7.60. The van der Waals surface area contributed by atoms with Crippen LogP contribution in [0.15, 0.2) is 12.1 Å². The fourth-order valence-electron chi connectivity index (χ4n) is 3.50. The zero-order chi connectivity index (χ0) is 18.7. The standard InChI is InChI=1S/C19H29N5O2/c1-4-14(5-2)26-16-11-10-15-17(23-24(3)18(15)21-16)22-19(25)12-6-8-13(20)9-7-12/h10-14H,4-9,20H2,1-3H3,(H,22,23,25)/t12-,13+. The molecule has 0 unspecified atom stereocenters. The molecule has 0 spiro atoms. The molecule has 2 heterocycles. The quantitative estimate of drug-likeness (QED) is 0.827. The smallest absolute Gasteiger partial charge is 0.228 e. The number of nitrogens with one attached hydrogen (secondary N) is 1. The Bertz CT molecular complexity index is 761. The van der Waals surface area contributed by atoms with Crippen LogP contribution in [0.25, 0.3) is 11.0 Å². The molecule has 2 aromatic heterocycles. The van der Waals surface area contributed by atoms with Crippen LogP contribution in [-0.4, -0.2) is 32.8 Å². The molecule has 0 aliphatic heterocycles. The summed E-state index contributed by atoms with van der Waals surface area (Å²) in [5.41, 5.74) is 6.63. The van der Waals surface area contributed by atoms with Gasteiger partial charge in [-0.15, -0.1) is 0 Å². The first-order valence-electron chi connectivity index (χ1n) is 9.58. The van der Waals surface area contributed by atoms with Crippen molar-refractivity contribution < 1.29 is 9.53 Å². The minimum Gasteiger partial charge on any atom is -0.474 e. The number of carbonyl (C=O) groups is 1. The highest BCUT2D eigenvalue weighted by molar-refractivity contribution is 5.99. The number of hydrogen-bond donors (Lipinski definition) is 2. The number of fused-ring (bicyclic) bond motifs is 1. The van der Waals surface area contributed by atoms with Gasteiger partial charge in [-0.05, 0) is 44.6 Å². The average molecular weight is 359 g/mol. The molecule has 142 valence electrons. The van der Waals surface area contributed by atoms with E-state index in [1.54, 1.807) is 4.68 Å². The van der Waals surface area contributed by atoms with Crippen LogP contribution < -0.4 is 15.8 Å².